The summed E-state index contributed by atoms with van der Waals surface area (Å²) >= 11 is 0. The summed E-state index contributed by atoms with van der Waals surface area (Å²) in [5.74, 6) is 3.13. The Morgan fingerprint density at radius 1 is 0.742 bits per heavy atom. The van der Waals surface area contributed by atoms with Crippen molar-refractivity contribution in [3.05, 3.63) is 22.8 Å². The third kappa shape index (κ3) is 4.72. The Bertz CT molecular complexity index is 742. The quantitative estimate of drug-likeness (QED) is 0.439. The number of hydrogen-bond donors (Lipinski definition) is 2. The zero-order chi connectivity index (χ0) is 23.4. The molecular weight excluding hydrogens is 380 g/mol. The van der Waals surface area contributed by atoms with E-state index in [9.17, 15) is 10.2 Å². The van der Waals surface area contributed by atoms with Crippen LogP contribution in [0.5, 0.6) is 0 Å². The Morgan fingerprint density at radius 2 is 1.23 bits per heavy atom. The van der Waals surface area contributed by atoms with Crippen LogP contribution in [0.3, 0.4) is 0 Å². The maximum Gasteiger partial charge on any atom is 0.0487 e. The summed E-state index contributed by atoms with van der Waals surface area (Å²) in [5.41, 5.74) is 6.03. The Balaban J connectivity index is 0.000000176. The lowest BCUT2D eigenvalue weighted by atomic mass is 9.75. The molecular formula is C29H50O2. The van der Waals surface area contributed by atoms with Gasteiger partial charge in [-0.25, -0.2) is 0 Å². The molecule has 0 aromatic carbocycles. The first-order valence-electron chi connectivity index (χ1n) is 12.8. The topological polar surface area (TPSA) is 40.5 Å². The fraction of sp³-hybridized carbons (Fsp3) is 0.862. The molecule has 6 unspecified atom stereocenters. The van der Waals surface area contributed by atoms with Gasteiger partial charge in [0, 0.05) is 13.2 Å². The molecule has 31 heavy (non-hydrogen) atoms. The van der Waals surface area contributed by atoms with E-state index >= 15 is 0 Å². The Morgan fingerprint density at radius 3 is 1.55 bits per heavy atom. The van der Waals surface area contributed by atoms with Crippen molar-refractivity contribution in [2.45, 2.75) is 101 Å². The third-order valence-electron chi connectivity index (χ3n) is 10.9. The molecule has 2 saturated carbocycles. The van der Waals surface area contributed by atoms with Crippen molar-refractivity contribution in [3.8, 4) is 0 Å². The van der Waals surface area contributed by atoms with E-state index in [0.29, 0.717) is 24.0 Å². The minimum Gasteiger partial charge on any atom is -0.396 e. The molecule has 4 aliphatic rings. The molecule has 2 heteroatoms. The molecule has 178 valence electrons. The van der Waals surface area contributed by atoms with Gasteiger partial charge in [-0.3, -0.25) is 0 Å². The normalized spacial score (nSPS) is 42.2. The van der Waals surface area contributed by atoms with Crippen LogP contribution in [0.15, 0.2) is 22.8 Å². The van der Waals surface area contributed by atoms with Gasteiger partial charge in [0.1, 0.15) is 0 Å². The first-order chi connectivity index (χ1) is 14.2. The summed E-state index contributed by atoms with van der Waals surface area (Å²) in [5, 5.41) is 18.6. The highest BCUT2D eigenvalue weighted by molar-refractivity contribution is 5.26. The Labute approximate surface area is 192 Å². The van der Waals surface area contributed by atoms with Gasteiger partial charge in [-0.05, 0) is 105 Å². The van der Waals surface area contributed by atoms with Crippen molar-refractivity contribution in [2.75, 3.05) is 13.2 Å². The minimum absolute atomic E-state index is 0.250. The van der Waals surface area contributed by atoms with Crippen molar-refractivity contribution in [2.24, 2.45) is 45.3 Å². The summed E-state index contributed by atoms with van der Waals surface area (Å²) in [7, 11) is 0. The highest BCUT2D eigenvalue weighted by atomic mass is 16.3. The predicted molar refractivity (Wildman–Crippen MR) is 132 cm³/mol. The molecule has 2 nitrogen and oxygen atoms in total. The Kier molecular flexibility index (Phi) is 6.71. The molecule has 0 bridgehead atoms. The number of allylic oxidation sites excluding steroid dienone is 4. The fourth-order valence-electron chi connectivity index (χ4n) is 6.42. The van der Waals surface area contributed by atoms with Gasteiger partial charge in [-0.1, -0.05) is 64.3 Å². The van der Waals surface area contributed by atoms with E-state index < -0.39 is 0 Å². The second-order valence-corrected chi connectivity index (χ2v) is 13.5. The van der Waals surface area contributed by atoms with Crippen molar-refractivity contribution >= 4 is 0 Å². The van der Waals surface area contributed by atoms with Gasteiger partial charge in [0.25, 0.3) is 0 Å². The van der Waals surface area contributed by atoms with Gasteiger partial charge in [-0.15, -0.1) is 0 Å². The SMILES string of the molecule is CC1=C(C)C(C)(C)C(CC2CC2(C)CO)C1.CC1=CCC(CC2CC2(C)CO)C1(C)C. The number of aliphatic hydroxyl groups excluding tert-OH is 2. The summed E-state index contributed by atoms with van der Waals surface area (Å²) in [6.07, 6.45) is 10.00. The van der Waals surface area contributed by atoms with Crippen molar-refractivity contribution in [1.29, 1.82) is 0 Å². The maximum atomic E-state index is 9.33. The average molecular weight is 431 g/mol. The van der Waals surface area contributed by atoms with Gasteiger partial charge < -0.3 is 10.2 Å². The van der Waals surface area contributed by atoms with Crippen molar-refractivity contribution in [3.63, 3.8) is 0 Å². The smallest absolute Gasteiger partial charge is 0.0487 e. The molecule has 0 amide bonds. The van der Waals surface area contributed by atoms with E-state index in [4.69, 9.17) is 0 Å². The van der Waals surface area contributed by atoms with E-state index in [-0.39, 0.29) is 10.8 Å². The van der Waals surface area contributed by atoms with Gasteiger partial charge >= 0.3 is 0 Å². The van der Waals surface area contributed by atoms with Gasteiger partial charge in [0.2, 0.25) is 0 Å². The molecule has 2 N–H and O–H groups in total. The summed E-state index contributed by atoms with van der Waals surface area (Å²) in [4.78, 5) is 0. The lowest BCUT2D eigenvalue weighted by molar-refractivity contribution is 0.192. The average Bonchev–Trinajstić information content (AvgIpc) is 3.52. The molecule has 0 aliphatic heterocycles. The van der Waals surface area contributed by atoms with E-state index in [1.54, 1.807) is 16.7 Å². The van der Waals surface area contributed by atoms with Crippen LogP contribution >= 0.6 is 0 Å². The van der Waals surface area contributed by atoms with Gasteiger partial charge in [0.05, 0.1) is 0 Å². The zero-order valence-corrected chi connectivity index (χ0v) is 21.9. The fourth-order valence-corrected chi connectivity index (χ4v) is 6.42. The molecule has 0 heterocycles. The lowest BCUT2D eigenvalue weighted by Gasteiger charge is -2.30. The first kappa shape index (κ1) is 25.0. The number of aliphatic hydroxyl groups is 2. The lowest BCUT2D eigenvalue weighted by Crippen LogP contribution is -2.22. The van der Waals surface area contributed by atoms with Crippen LogP contribution < -0.4 is 0 Å². The van der Waals surface area contributed by atoms with Crippen LogP contribution in [0, 0.1) is 45.3 Å². The van der Waals surface area contributed by atoms with Crippen LogP contribution in [0.1, 0.15) is 101 Å². The standard InChI is InChI=1S/C15H26O.C14H24O/c1-10-6-12(14(3,4)11(10)2)7-13-8-15(13,5)9-16;1-10-5-6-11(13(10,2)3)7-12-8-14(12,4)9-15/h12-13,16H,6-9H2,1-5H3;5,11-12,15H,6-9H2,1-4H3. The molecule has 0 aromatic rings. The highest BCUT2D eigenvalue weighted by Gasteiger charge is 2.53. The molecule has 4 rings (SSSR count). The van der Waals surface area contributed by atoms with Crippen LogP contribution in [-0.4, -0.2) is 23.4 Å². The Hall–Kier alpha value is -0.600. The van der Waals surface area contributed by atoms with Crippen LogP contribution in [0.2, 0.25) is 0 Å². The second kappa shape index (κ2) is 8.32. The van der Waals surface area contributed by atoms with E-state index in [0.717, 1.165) is 23.7 Å². The zero-order valence-electron chi connectivity index (χ0n) is 21.9. The van der Waals surface area contributed by atoms with Crippen LogP contribution in [0.25, 0.3) is 0 Å². The van der Waals surface area contributed by atoms with Crippen molar-refractivity contribution in [1.82, 2.24) is 0 Å². The van der Waals surface area contributed by atoms with Gasteiger partial charge in [0.15, 0.2) is 0 Å². The predicted octanol–water partition coefficient (Wildman–Crippen LogP) is 7.16. The molecule has 0 saturated heterocycles. The highest BCUT2D eigenvalue weighted by Crippen LogP contribution is 2.60. The number of hydrogen-bond acceptors (Lipinski definition) is 2. The van der Waals surface area contributed by atoms with E-state index in [1.807, 2.05) is 0 Å². The molecule has 4 aliphatic carbocycles. The molecule has 2 fully saturated rings. The monoisotopic (exact) mass is 430 g/mol. The van der Waals surface area contributed by atoms with E-state index in [2.05, 4.69) is 68.4 Å². The molecule has 0 aromatic heterocycles. The second-order valence-electron chi connectivity index (χ2n) is 13.5. The summed E-state index contributed by atoms with van der Waals surface area (Å²) < 4.78 is 0. The summed E-state index contributed by atoms with van der Waals surface area (Å²) in [6.45, 7) is 21.6. The molecule has 0 spiro atoms. The number of rotatable bonds is 6. The first-order valence-corrected chi connectivity index (χ1v) is 12.8. The maximum absolute atomic E-state index is 9.33. The van der Waals surface area contributed by atoms with Crippen LogP contribution in [0.4, 0.5) is 0 Å². The molecule has 0 radical (unpaired) electrons. The molecule has 6 atom stereocenters. The van der Waals surface area contributed by atoms with Crippen molar-refractivity contribution < 1.29 is 10.2 Å². The third-order valence-corrected chi connectivity index (χ3v) is 10.9. The van der Waals surface area contributed by atoms with Gasteiger partial charge in [-0.2, -0.15) is 0 Å². The largest absolute Gasteiger partial charge is 0.396 e. The summed E-state index contributed by atoms with van der Waals surface area (Å²) in [6, 6.07) is 0. The van der Waals surface area contributed by atoms with Crippen LogP contribution in [-0.2, 0) is 0 Å². The minimum atomic E-state index is 0.250. The van der Waals surface area contributed by atoms with E-state index in [1.165, 1.54) is 38.5 Å².